The zero-order chi connectivity index (χ0) is 15.5. The number of amides is 1. The lowest BCUT2D eigenvalue weighted by Crippen LogP contribution is -2.50. The largest absolute Gasteiger partial charge is 0.352 e. The van der Waals surface area contributed by atoms with Crippen LogP contribution in [-0.4, -0.2) is 36.4 Å². The Morgan fingerprint density at radius 2 is 2.24 bits per heavy atom. The summed E-state index contributed by atoms with van der Waals surface area (Å²) in [4.78, 5) is 26.0. The summed E-state index contributed by atoms with van der Waals surface area (Å²) in [5, 5.41) is 5.14. The maximum absolute atomic E-state index is 13.6. The number of carbonyl (C=O) groups is 1. The molecule has 3 N–H and O–H groups in total. The van der Waals surface area contributed by atoms with E-state index in [0.29, 0.717) is 25.1 Å². The van der Waals surface area contributed by atoms with Crippen LogP contribution in [0.5, 0.6) is 0 Å². The van der Waals surface area contributed by atoms with Gasteiger partial charge in [0.1, 0.15) is 0 Å². The van der Waals surface area contributed by atoms with E-state index in [2.05, 4.69) is 15.6 Å². The third-order valence-corrected chi connectivity index (χ3v) is 3.68. The van der Waals surface area contributed by atoms with Crippen LogP contribution in [0.25, 0.3) is 0 Å². The van der Waals surface area contributed by atoms with Gasteiger partial charge in [-0.15, -0.1) is 0 Å². The van der Waals surface area contributed by atoms with Crippen molar-refractivity contribution in [2.24, 2.45) is 5.92 Å². The van der Waals surface area contributed by atoms with E-state index < -0.39 is 17.7 Å². The van der Waals surface area contributed by atoms with Crippen LogP contribution < -0.4 is 16.2 Å². The highest BCUT2D eigenvalue weighted by Gasteiger charge is 2.41. The first-order valence-electron chi connectivity index (χ1n) is 7.02. The summed E-state index contributed by atoms with van der Waals surface area (Å²) in [6.07, 6.45) is 0.894. The minimum absolute atomic E-state index is 0.0955. The molecule has 1 atom stereocenters. The van der Waals surface area contributed by atoms with Crippen molar-refractivity contribution in [3.05, 3.63) is 33.7 Å². The van der Waals surface area contributed by atoms with Gasteiger partial charge in [-0.3, -0.25) is 9.59 Å². The number of pyridine rings is 1. The molecule has 7 heteroatoms. The van der Waals surface area contributed by atoms with Crippen LogP contribution in [0.15, 0.2) is 16.9 Å². The number of alkyl halides is 2. The Kier molecular flexibility index (Phi) is 4.72. The topological polar surface area (TPSA) is 74.0 Å². The maximum Gasteiger partial charge on any atom is 0.264 e. The molecule has 1 aliphatic rings. The molecular formula is C14H19F2N3O2. The lowest BCUT2D eigenvalue weighted by atomic mass is 9.94. The Balaban J connectivity index is 2.01. The molecule has 1 amide bonds. The van der Waals surface area contributed by atoms with E-state index in [0.717, 1.165) is 0 Å². The molecule has 116 valence electrons. The van der Waals surface area contributed by atoms with E-state index in [-0.39, 0.29) is 24.2 Å². The van der Waals surface area contributed by atoms with Gasteiger partial charge in [-0.25, -0.2) is 8.78 Å². The predicted molar refractivity (Wildman–Crippen MR) is 74.7 cm³/mol. The number of hydrogen-bond donors (Lipinski definition) is 3. The lowest BCUT2D eigenvalue weighted by Gasteiger charge is -2.31. The predicted octanol–water partition coefficient (Wildman–Crippen LogP) is 0.912. The van der Waals surface area contributed by atoms with E-state index in [9.17, 15) is 18.4 Å². The van der Waals surface area contributed by atoms with Gasteiger partial charge in [-0.2, -0.15) is 0 Å². The number of rotatable bonds is 4. The second kappa shape index (κ2) is 6.34. The van der Waals surface area contributed by atoms with Crippen LogP contribution in [0.2, 0.25) is 0 Å². The van der Waals surface area contributed by atoms with Gasteiger partial charge in [0.05, 0.1) is 6.54 Å². The summed E-state index contributed by atoms with van der Waals surface area (Å²) < 4.78 is 27.3. The molecule has 0 aliphatic carbocycles. The van der Waals surface area contributed by atoms with Crippen LogP contribution >= 0.6 is 0 Å². The zero-order valence-corrected chi connectivity index (χ0v) is 11.8. The number of aryl methyl sites for hydroxylation is 1. The fraction of sp³-hybridized carbons (Fsp3) is 0.571. The molecule has 1 unspecified atom stereocenters. The molecular weight excluding hydrogens is 280 g/mol. The van der Waals surface area contributed by atoms with Gasteiger partial charge >= 0.3 is 0 Å². The molecule has 21 heavy (non-hydrogen) atoms. The summed E-state index contributed by atoms with van der Waals surface area (Å²) in [6, 6.07) is 2.74. The third-order valence-electron chi connectivity index (χ3n) is 3.68. The molecule has 1 aromatic heterocycles. The van der Waals surface area contributed by atoms with Crippen LogP contribution in [0, 0.1) is 5.92 Å². The van der Waals surface area contributed by atoms with Crippen molar-refractivity contribution < 1.29 is 13.6 Å². The van der Waals surface area contributed by atoms with Crippen molar-refractivity contribution in [3.63, 3.8) is 0 Å². The van der Waals surface area contributed by atoms with E-state index in [1.54, 1.807) is 6.07 Å². The molecule has 5 nitrogen and oxygen atoms in total. The number of piperidine rings is 1. The van der Waals surface area contributed by atoms with Gasteiger partial charge in [-0.05, 0) is 25.5 Å². The molecule has 0 bridgehead atoms. The van der Waals surface area contributed by atoms with Gasteiger partial charge in [0, 0.05) is 29.8 Å². The molecule has 0 radical (unpaired) electrons. The van der Waals surface area contributed by atoms with Crippen LogP contribution in [-0.2, 0) is 6.42 Å². The lowest BCUT2D eigenvalue weighted by molar-refractivity contribution is -0.0712. The SMILES string of the molecule is CCc1cc(C(=O)NCC2CCNCC2(F)F)cc(=O)[nH]1. The number of nitrogens with one attached hydrogen (secondary N) is 3. The molecule has 0 saturated carbocycles. The van der Waals surface area contributed by atoms with Gasteiger partial charge in [0.2, 0.25) is 5.56 Å². The van der Waals surface area contributed by atoms with E-state index in [1.165, 1.54) is 6.07 Å². The number of halogens is 2. The number of aromatic amines is 1. The maximum atomic E-state index is 13.6. The Morgan fingerprint density at radius 1 is 1.48 bits per heavy atom. The van der Waals surface area contributed by atoms with Crippen molar-refractivity contribution in [2.75, 3.05) is 19.6 Å². The average Bonchev–Trinajstić information content (AvgIpc) is 2.44. The molecule has 1 aliphatic heterocycles. The standard InChI is InChI=1S/C14H19F2N3O2/c1-2-11-5-9(6-12(20)19-11)13(21)18-7-10-3-4-17-8-14(10,15)16/h5-6,10,17H,2-4,7-8H2,1H3,(H,18,21)(H,19,20). The molecule has 0 spiro atoms. The third kappa shape index (κ3) is 3.87. The second-order valence-electron chi connectivity index (χ2n) is 5.25. The van der Waals surface area contributed by atoms with Gasteiger partial charge in [0.15, 0.2) is 0 Å². The van der Waals surface area contributed by atoms with E-state index in [1.807, 2.05) is 6.92 Å². The Labute approximate surface area is 121 Å². The van der Waals surface area contributed by atoms with Gasteiger partial charge in [0.25, 0.3) is 11.8 Å². The summed E-state index contributed by atoms with van der Waals surface area (Å²) in [5.74, 6) is -4.20. The number of aromatic nitrogens is 1. The highest BCUT2D eigenvalue weighted by Crippen LogP contribution is 2.28. The Hall–Kier alpha value is -1.76. The molecule has 2 heterocycles. The second-order valence-corrected chi connectivity index (χ2v) is 5.25. The number of hydrogen-bond acceptors (Lipinski definition) is 3. The zero-order valence-electron chi connectivity index (χ0n) is 11.8. The van der Waals surface area contributed by atoms with Gasteiger partial charge in [-0.1, -0.05) is 6.92 Å². The summed E-state index contributed by atoms with van der Waals surface area (Å²) >= 11 is 0. The molecule has 2 rings (SSSR count). The number of carbonyl (C=O) groups excluding carboxylic acids is 1. The van der Waals surface area contributed by atoms with Crippen molar-refractivity contribution >= 4 is 5.91 Å². The fourth-order valence-corrected chi connectivity index (χ4v) is 2.38. The average molecular weight is 299 g/mol. The van der Waals surface area contributed by atoms with Crippen molar-refractivity contribution in [1.82, 2.24) is 15.6 Å². The summed E-state index contributed by atoms with van der Waals surface area (Å²) in [7, 11) is 0. The van der Waals surface area contributed by atoms with Crippen LogP contribution in [0.1, 0.15) is 29.4 Å². The first kappa shape index (κ1) is 15.6. The fourth-order valence-electron chi connectivity index (χ4n) is 2.38. The first-order valence-corrected chi connectivity index (χ1v) is 7.02. The summed E-state index contributed by atoms with van der Waals surface area (Å²) in [5.41, 5.74) is 0.472. The van der Waals surface area contributed by atoms with Crippen LogP contribution in [0.3, 0.4) is 0 Å². The van der Waals surface area contributed by atoms with Crippen molar-refractivity contribution in [3.8, 4) is 0 Å². The Morgan fingerprint density at radius 3 is 2.90 bits per heavy atom. The molecule has 0 aromatic carbocycles. The number of H-pyrrole nitrogens is 1. The highest BCUT2D eigenvalue weighted by atomic mass is 19.3. The first-order chi connectivity index (χ1) is 9.92. The Bertz CT molecular complexity index is 572. The van der Waals surface area contributed by atoms with Crippen molar-refractivity contribution in [2.45, 2.75) is 25.7 Å². The van der Waals surface area contributed by atoms with Crippen molar-refractivity contribution in [1.29, 1.82) is 0 Å². The molecule has 1 saturated heterocycles. The minimum Gasteiger partial charge on any atom is -0.352 e. The molecule has 1 aromatic rings. The smallest absolute Gasteiger partial charge is 0.264 e. The summed E-state index contributed by atoms with van der Waals surface area (Å²) in [6.45, 7) is 1.91. The quantitative estimate of drug-likeness (QED) is 0.774. The normalized spacial score (nSPS) is 21.0. The molecule has 1 fully saturated rings. The highest BCUT2D eigenvalue weighted by molar-refractivity contribution is 5.94. The van der Waals surface area contributed by atoms with Crippen LogP contribution in [0.4, 0.5) is 8.78 Å². The minimum atomic E-state index is -2.83. The van der Waals surface area contributed by atoms with E-state index >= 15 is 0 Å². The van der Waals surface area contributed by atoms with Gasteiger partial charge < -0.3 is 15.6 Å². The monoisotopic (exact) mass is 299 g/mol. The van der Waals surface area contributed by atoms with E-state index in [4.69, 9.17) is 0 Å².